The summed E-state index contributed by atoms with van der Waals surface area (Å²) < 4.78 is 36.2. The van der Waals surface area contributed by atoms with Gasteiger partial charge in [0.25, 0.3) is 0 Å². The zero-order valence-corrected chi connectivity index (χ0v) is 16.0. The zero-order valence-electron chi connectivity index (χ0n) is 16.0. The molecule has 0 fully saturated rings. The lowest BCUT2D eigenvalue weighted by atomic mass is 10.2. The molecule has 0 saturated heterocycles. The van der Waals surface area contributed by atoms with Gasteiger partial charge in [0, 0.05) is 45.0 Å². The van der Waals surface area contributed by atoms with Crippen molar-refractivity contribution in [3.05, 3.63) is 42.5 Å². The van der Waals surface area contributed by atoms with Crippen LogP contribution in [0.25, 0.3) is 10.9 Å². The summed E-state index contributed by atoms with van der Waals surface area (Å²) in [5, 5.41) is 3.46. The van der Waals surface area contributed by atoms with E-state index < -0.39 is 5.82 Å². The Morgan fingerprint density at radius 2 is 1.86 bits per heavy atom. The van der Waals surface area contributed by atoms with Crippen LogP contribution in [0.4, 0.5) is 10.1 Å². The van der Waals surface area contributed by atoms with Gasteiger partial charge in [0.15, 0.2) is 23.1 Å². The van der Waals surface area contributed by atoms with Crippen LogP contribution < -0.4 is 19.5 Å². The number of benzene rings is 2. The first-order valence-electron chi connectivity index (χ1n) is 8.76. The van der Waals surface area contributed by atoms with Gasteiger partial charge >= 0.3 is 0 Å². The third kappa shape index (κ3) is 4.40. The molecule has 0 aliphatic rings. The Kier molecular flexibility index (Phi) is 6.44. The lowest BCUT2D eigenvalue weighted by Crippen LogP contribution is -2.03. The van der Waals surface area contributed by atoms with E-state index in [2.05, 4.69) is 15.3 Å². The molecular weight excluding hydrogens is 365 g/mol. The van der Waals surface area contributed by atoms with Gasteiger partial charge < -0.3 is 24.3 Å². The summed E-state index contributed by atoms with van der Waals surface area (Å²) in [4.78, 5) is 8.40. The molecule has 28 heavy (non-hydrogen) atoms. The SMILES string of the molecule is CNc1ccc(Oc2ncnc3cc(OC)c(OCCCOC)cc23)c(F)c1. The van der Waals surface area contributed by atoms with Gasteiger partial charge in [-0.2, -0.15) is 0 Å². The molecule has 7 nitrogen and oxygen atoms in total. The van der Waals surface area contributed by atoms with E-state index in [4.69, 9.17) is 18.9 Å². The summed E-state index contributed by atoms with van der Waals surface area (Å²) in [7, 11) is 4.91. The highest BCUT2D eigenvalue weighted by atomic mass is 19.1. The summed E-state index contributed by atoms with van der Waals surface area (Å²) in [6.45, 7) is 1.05. The number of nitrogens with one attached hydrogen (secondary N) is 1. The minimum absolute atomic E-state index is 0.0670. The summed E-state index contributed by atoms with van der Waals surface area (Å²) in [6, 6.07) is 8.08. The molecule has 0 spiro atoms. The molecule has 1 aromatic heterocycles. The quantitative estimate of drug-likeness (QED) is 0.556. The summed E-state index contributed by atoms with van der Waals surface area (Å²) in [6.07, 6.45) is 2.09. The van der Waals surface area contributed by atoms with Crippen molar-refractivity contribution in [2.75, 3.05) is 39.8 Å². The van der Waals surface area contributed by atoms with Gasteiger partial charge in [0.05, 0.1) is 24.6 Å². The Hall–Kier alpha value is -3.13. The van der Waals surface area contributed by atoms with Gasteiger partial charge in [-0.25, -0.2) is 14.4 Å². The molecule has 1 N–H and O–H groups in total. The minimum atomic E-state index is -0.497. The highest BCUT2D eigenvalue weighted by Crippen LogP contribution is 2.36. The Balaban J connectivity index is 1.94. The van der Waals surface area contributed by atoms with E-state index in [0.29, 0.717) is 41.3 Å². The average Bonchev–Trinajstić information content (AvgIpc) is 2.72. The molecule has 0 atom stereocenters. The summed E-state index contributed by atoms with van der Waals surface area (Å²) in [5.41, 5.74) is 1.24. The van der Waals surface area contributed by atoms with E-state index in [-0.39, 0.29) is 11.6 Å². The smallest absolute Gasteiger partial charge is 0.230 e. The van der Waals surface area contributed by atoms with Gasteiger partial charge in [-0.05, 0) is 18.2 Å². The number of ether oxygens (including phenoxy) is 4. The molecule has 0 amide bonds. The molecule has 8 heteroatoms. The van der Waals surface area contributed by atoms with Crippen molar-refractivity contribution in [2.24, 2.45) is 0 Å². The number of methoxy groups -OCH3 is 2. The summed E-state index contributed by atoms with van der Waals surface area (Å²) in [5.74, 6) is 0.863. The third-order valence-corrected chi connectivity index (χ3v) is 4.06. The minimum Gasteiger partial charge on any atom is -0.493 e. The molecule has 0 unspecified atom stereocenters. The van der Waals surface area contributed by atoms with Crippen LogP contribution in [0.15, 0.2) is 36.7 Å². The van der Waals surface area contributed by atoms with Crippen LogP contribution in [0.5, 0.6) is 23.1 Å². The van der Waals surface area contributed by atoms with E-state index in [1.807, 2.05) is 0 Å². The number of anilines is 1. The fourth-order valence-electron chi connectivity index (χ4n) is 2.62. The fraction of sp³-hybridized carbons (Fsp3) is 0.300. The molecule has 0 aliphatic heterocycles. The van der Waals surface area contributed by atoms with E-state index in [1.165, 1.54) is 12.4 Å². The van der Waals surface area contributed by atoms with Crippen LogP contribution in [0.2, 0.25) is 0 Å². The zero-order chi connectivity index (χ0) is 19.9. The van der Waals surface area contributed by atoms with Crippen molar-refractivity contribution in [3.63, 3.8) is 0 Å². The molecule has 2 aromatic carbocycles. The number of nitrogens with zero attached hydrogens (tertiary/aromatic N) is 2. The summed E-state index contributed by atoms with van der Waals surface area (Å²) >= 11 is 0. The van der Waals surface area contributed by atoms with Crippen molar-refractivity contribution in [1.82, 2.24) is 9.97 Å². The van der Waals surface area contributed by atoms with E-state index >= 15 is 0 Å². The second-order valence-corrected chi connectivity index (χ2v) is 5.89. The lowest BCUT2D eigenvalue weighted by molar-refractivity contribution is 0.170. The molecular formula is C20H22FN3O4. The first-order chi connectivity index (χ1) is 13.7. The topological polar surface area (TPSA) is 74.7 Å². The Morgan fingerprint density at radius 1 is 1.00 bits per heavy atom. The van der Waals surface area contributed by atoms with Crippen LogP contribution in [0.3, 0.4) is 0 Å². The Bertz CT molecular complexity index is 952. The van der Waals surface area contributed by atoms with Gasteiger partial charge in [-0.1, -0.05) is 0 Å². The predicted molar refractivity (Wildman–Crippen MR) is 104 cm³/mol. The number of fused-ring (bicyclic) bond motifs is 1. The molecule has 0 bridgehead atoms. The van der Waals surface area contributed by atoms with Crippen LogP contribution in [-0.4, -0.2) is 44.4 Å². The first kappa shape index (κ1) is 19.6. The maximum atomic E-state index is 14.3. The standard InChI is InChI=1S/C20H22FN3O4/c1-22-13-5-6-17(15(21)9-13)28-20-14-10-19(27-8-4-7-25-2)18(26-3)11-16(14)23-12-24-20/h5-6,9-12,22H,4,7-8H2,1-3H3. The van der Waals surface area contributed by atoms with Crippen LogP contribution in [0, 0.1) is 5.82 Å². The van der Waals surface area contributed by atoms with Crippen molar-refractivity contribution in [3.8, 4) is 23.1 Å². The number of rotatable bonds is 9. The molecule has 148 valence electrons. The highest BCUT2D eigenvalue weighted by Gasteiger charge is 2.14. The van der Waals surface area contributed by atoms with E-state index in [0.717, 1.165) is 6.42 Å². The second-order valence-electron chi connectivity index (χ2n) is 5.89. The van der Waals surface area contributed by atoms with Crippen molar-refractivity contribution < 1.29 is 23.3 Å². The van der Waals surface area contributed by atoms with Crippen molar-refractivity contribution in [2.45, 2.75) is 6.42 Å². The predicted octanol–water partition coefficient (Wildman–Crippen LogP) is 4.03. The van der Waals surface area contributed by atoms with Crippen molar-refractivity contribution in [1.29, 1.82) is 0 Å². The van der Waals surface area contributed by atoms with Crippen LogP contribution >= 0.6 is 0 Å². The van der Waals surface area contributed by atoms with Gasteiger partial charge in [0.1, 0.15) is 6.33 Å². The molecule has 0 aliphatic carbocycles. The lowest BCUT2D eigenvalue weighted by Gasteiger charge is -2.13. The van der Waals surface area contributed by atoms with Gasteiger partial charge in [0.2, 0.25) is 5.88 Å². The fourth-order valence-corrected chi connectivity index (χ4v) is 2.62. The largest absolute Gasteiger partial charge is 0.493 e. The molecule has 3 aromatic rings. The maximum absolute atomic E-state index is 14.3. The second kappa shape index (κ2) is 9.18. The highest BCUT2D eigenvalue weighted by molar-refractivity contribution is 5.87. The number of aromatic nitrogens is 2. The number of halogens is 1. The maximum Gasteiger partial charge on any atom is 0.230 e. The van der Waals surface area contributed by atoms with E-state index in [9.17, 15) is 4.39 Å². The molecule has 1 heterocycles. The van der Waals surface area contributed by atoms with Crippen LogP contribution in [-0.2, 0) is 4.74 Å². The van der Waals surface area contributed by atoms with E-state index in [1.54, 1.807) is 45.5 Å². The number of hydrogen-bond donors (Lipinski definition) is 1. The average molecular weight is 387 g/mol. The Morgan fingerprint density at radius 3 is 2.57 bits per heavy atom. The van der Waals surface area contributed by atoms with Crippen LogP contribution in [0.1, 0.15) is 6.42 Å². The first-order valence-corrected chi connectivity index (χ1v) is 8.76. The van der Waals surface area contributed by atoms with Crippen molar-refractivity contribution >= 4 is 16.6 Å². The Labute approximate surface area is 162 Å². The third-order valence-electron chi connectivity index (χ3n) is 4.06. The number of hydrogen-bond acceptors (Lipinski definition) is 7. The molecule has 3 rings (SSSR count). The van der Waals surface area contributed by atoms with Gasteiger partial charge in [-0.15, -0.1) is 0 Å². The monoisotopic (exact) mass is 387 g/mol. The van der Waals surface area contributed by atoms with Gasteiger partial charge in [-0.3, -0.25) is 0 Å². The normalized spacial score (nSPS) is 10.7. The molecule has 0 saturated carbocycles. The molecule has 0 radical (unpaired) electrons.